The van der Waals surface area contributed by atoms with Crippen molar-refractivity contribution in [2.24, 2.45) is 0 Å². The average molecular weight is 845 g/mol. The highest BCUT2D eigenvalue weighted by Crippen LogP contribution is 2.45. The SMILES string of the molecule is Cc1c2c(cc3c1Oc1cc(N(c4ccccc4)c4ccccc4)cc(-c4ccccc4S)c1[B]3)[B]c1c(cc(N(c3ccccc3)c3ccccc3)cc1-c1ccccc1S)O2. The fraction of sp³-hybridized carbons (Fsp3) is 0.0182. The molecule has 2 heterocycles. The molecule has 0 spiro atoms. The van der Waals surface area contributed by atoms with Crippen molar-refractivity contribution < 1.29 is 9.47 Å². The van der Waals surface area contributed by atoms with Gasteiger partial charge in [0.15, 0.2) is 0 Å². The molecule has 0 aromatic heterocycles. The molecule has 0 amide bonds. The Morgan fingerprint density at radius 1 is 0.365 bits per heavy atom. The Balaban J connectivity index is 1.06. The number of benzene rings is 9. The molecule has 4 nitrogen and oxygen atoms in total. The minimum Gasteiger partial charge on any atom is -0.458 e. The van der Waals surface area contributed by atoms with Gasteiger partial charge in [-0.25, -0.2) is 0 Å². The smallest absolute Gasteiger partial charge is 0.202 e. The van der Waals surface area contributed by atoms with Crippen molar-refractivity contribution in [1.82, 2.24) is 0 Å². The number of ether oxygens (including phenoxy) is 2. The maximum Gasteiger partial charge on any atom is 0.202 e. The van der Waals surface area contributed by atoms with Gasteiger partial charge in [0.2, 0.25) is 14.6 Å². The lowest BCUT2D eigenvalue weighted by atomic mass is 9.54. The second kappa shape index (κ2) is 16.4. The van der Waals surface area contributed by atoms with E-state index in [2.05, 4.69) is 183 Å². The van der Waals surface area contributed by atoms with Gasteiger partial charge in [0.25, 0.3) is 0 Å². The van der Waals surface area contributed by atoms with Crippen molar-refractivity contribution >= 4 is 95.8 Å². The number of para-hydroxylation sites is 4. The summed E-state index contributed by atoms with van der Waals surface area (Å²) in [6.07, 6.45) is 0. The molecule has 2 aliphatic rings. The van der Waals surface area contributed by atoms with Crippen molar-refractivity contribution in [3.05, 3.63) is 206 Å². The molecule has 8 heteroatoms. The number of anilines is 6. The number of hydrogen-bond donors (Lipinski definition) is 2. The first kappa shape index (κ1) is 38.9. The average Bonchev–Trinajstić information content (AvgIpc) is 3.32. The van der Waals surface area contributed by atoms with E-state index in [0.29, 0.717) is 0 Å². The molecule has 0 atom stereocenters. The molecule has 63 heavy (non-hydrogen) atoms. The monoisotopic (exact) mass is 844 g/mol. The second-order valence-electron chi connectivity index (χ2n) is 15.7. The maximum atomic E-state index is 7.12. The van der Waals surface area contributed by atoms with E-state index >= 15 is 0 Å². The van der Waals surface area contributed by atoms with E-state index in [0.717, 1.165) is 117 Å². The summed E-state index contributed by atoms with van der Waals surface area (Å²) in [5.74, 6) is 3.03. The molecular weight excluding hydrogens is 806 g/mol. The van der Waals surface area contributed by atoms with E-state index in [1.54, 1.807) is 0 Å². The lowest BCUT2D eigenvalue weighted by Crippen LogP contribution is -2.42. The minimum absolute atomic E-state index is 0.753. The first-order valence-corrected chi connectivity index (χ1v) is 21.8. The van der Waals surface area contributed by atoms with Gasteiger partial charge in [0.05, 0.1) is 11.4 Å². The molecule has 298 valence electrons. The summed E-state index contributed by atoms with van der Waals surface area (Å²) in [5.41, 5.74) is 15.0. The first-order chi connectivity index (χ1) is 31.0. The lowest BCUT2D eigenvalue weighted by Gasteiger charge is -2.32. The Morgan fingerprint density at radius 2 is 0.698 bits per heavy atom. The number of hydrogen-bond acceptors (Lipinski definition) is 6. The van der Waals surface area contributed by atoms with Gasteiger partial charge in [-0.05, 0) is 124 Å². The third kappa shape index (κ3) is 7.15. The van der Waals surface area contributed by atoms with Gasteiger partial charge < -0.3 is 19.3 Å². The highest BCUT2D eigenvalue weighted by Gasteiger charge is 2.33. The van der Waals surface area contributed by atoms with E-state index in [1.165, 1.54) is 0 Å². The molecule has 11 rings (SSSR count). The van der Waals surface area contributed by atoms with Crippen LogP contribution >= 0.6 is 25.3 Å². The molecule has 0 saturated heterocycles. The standard InChI is InChI=1S/C55H38B2N2O2S2/c1-35-54-46(56-52-44(42-26-14-16-28-50(42)62)30-40(32-48(52)60-54)58(36-18-6-2-7-19-36)37-20-8-3-9-21-37)34-47-55(35)61-49-33-41(31-45(53(49)57-47)43-27-15-17-29-51(43)63)59(38-22-10-4-11-23-38)39-24-12-5-13-25-39/h2-34,62-63H,1H3. The molecule has 0 N–H and O–H groups in total. The molecule has 2 aliphatic heterocycles. The van der Waals surface area contributed by atoms with Crippen LogP contribution in [0.25, 0.3) is 22.3 Å². The predicted molar refractivity (Wildman–Crippen MR) is 269 cm³/mol. The van der Waals surface area contributed by atoms with Crippen molar-refractivity contribution in [2.45, 2.75) is 16.7 Å². The Kier molecular flexibility index (Phi) is 10.1. The Hall–Kier alpha value is -6.99. The van der Waals surface area contributed by atoms with Crippen LogP contribution in [0.3, 0.4) is 0 Å². The maximum absolute atomic E-state index is 7.12. The van der Waals surface area contributed by atoms with Crippen LogP contribution in [0.4, 0.5) is 34.1 Å². The third-order valence-corrected chi connectivity index (χ3v) is 12.5. The van der Waals surface area contributed by atoms with Crippen LogP contribution in [0.2, 0.25) is 0 Å². The van der Waals surface area contributed by atoms with Crippen LogP contribution in [0, 0.1) is 6.92 Å². The highest BCUT2D eigenvalue weighted by molar-refractivity contribution is 7.80. The van der Waals surface area contributed by atoms with E-state index in [1.807, 2.05) is 48.5 Å². The number of fused-ring (bicyclic) bond motifs is 4. The van der Waals surface area contributed by atoms with Crippen LogP contribution in [0.1, 0.15) is 5.56 Å². The lowest BCUT2D eigenvalue weighted by molar-refractivity contribution is 0.460. The van der Waals surface area contributed by atoms with Crippen LogP contribution < -0.4 is 41.1 Å². The zero-order chi connectivity index (χ0) is 42.4. The molecular formula is C55H38B2N2O2S2. The fourth-order valence-corrected chi connectivity index (χ4v) is 9.41. The van der Waals surface area contributed by atoms with Crippen LogP contribution in [0.15, 0.2) is 210 Å². The topological polar surface area (TPSA) is 24.9 Å². The number of rotatable bonds is 8. The molecule has 0 unspecified atom stereocenters. The summed E-state index contributed by atoms with van der Waals surface area (Å²) in [6.45, 7) is 2.09. The minimum atomic E-state index is 0.753. The van der Waals surface area contributed by atoms with Crippen molar-refractivity contribution in [3.63, 3.8) is 0 Å². The molecule has 9 aromatic carbocycles. The largest absolute Gasteiger partial charge is 0.458 e. The number of thiol groups is 2. The van der Waals surface area contributed by atoms with Gasteiger partial charge in [-0.2, -0.15) is 0 Å². The van der Waals surface area contributed by atoms with Crippen molar-refractivity contribution in [2.75, 3.05) is 9.80 Å². The highest BCUT2D eigenvalue weighted by atomic mass is 32.1. The van der Waals surface area contributed by atoms with Gasteiger partial charge in [-0.3, -0.25) is 0 Å². The molecule has 0 bridgehead atoms. The van der Waals surface area contributed by atoms with E-state index in [4.69, 9.17) is 34.7 Å². The van der Waals surface area contributed by atoms with E-state index < -0.39 is 0 Å². The fourth-order valence-electron chi connectivity index (χ4n) is 8.85. The van der Waals surface area contributed by atoms with Gasteiger partial charge in [-0.15, -0.1) is 25.3 Å². The van der Waals surface area contributed by atoms with Gasteiger partial charge >= 0.3 is 0 Å². The van der Waals surface area contributed by atoms with Gasteiger partial charge in [-0.1, -0.05) is 115 Å². The Bertz CT molecular complexity index is 2880. The number of nitrogens with zero attached hydrogens (tertiary/aromatic N) is 2. The summed E-state index contributed by atoms with van der Waals surface area (Å²) in [4.78, 5) is 6.31. The predicted octanol–water partition coefficient (Wildman–Crippen LogP) is 12.4. The summed E-state index contributed by atoms with van der Waals surface area (Å²) < 4.78 is 14.2. The van der Waals surface area contributed by atoms with E-state index in [9.17, 15) is 0 Å². The second-order valence-corrected chi connectivity index (χ2v) is 16.7. The Labute approximate surface area is 380 Å². The van der Waals surface area contributed by atoms with Crippen LogP contribution in [-0.2, 0) is 0 Å². The third-order valence-electron chi connectivity index (χ3n) is 11.8. The molecule has 0 fully saturated rings. The summed E-state index contributed by atoms with van der Waals surface area (Å²) >= 11 is 9.95. The summed E-state index contributed by atoms with van der Waals surface area (Å²) in [7, 11) is 4.51. The van der Waals surface area contributed by atoms with Crippen LogP contribution in [0.5, 0.6) is 23.0 Å². The molecule has 9 aromatic rings. The van der Waals surface area contributed by atoms with Gasteiger partial charge in [0.1, 0.15) is 23.0 Å². The summed E-state index contributed by atoms with van der Waals surface area (Å²) in [5, 5.41) is 0. The summed E-state index contributed by atoms with van der Waals surface area (Å²) in [6, 6.07) is 69.3. The molecule has 0 aliphatic carbocycles. The van der Waals surface area contributed by atoms with Crippen LogP contribution in [-0.4, -0.2) is 14.6 Å². The zero-order valence-corrected chi connectivity index (χ0v) is 36.1. The first-order valence-electron chi connectivity index (χ1n) is 20.9. The quantitative estimate of drug-likeness (QED) is 0.118. The van der Waals surface area contributed by atoms with Crippen molar-refractivity contribution in [1.29, 1.82) is 0 Å². The molecule has 2 radical (unpaired) electrons. The van der Waals surface area contributed by atoms with E-state index in [-0.39, 0.29) is 0 Å². The molecule has 0 saturated carbocycles. The zero-order valence-electron chi connectivity index (χ0n) is 34.3. The normalized spacial score (nSPS) is 11.9. The van der Waals surface area contributed by atoms with Gasteiger partial charge in [0, 0.05) is 50.2 Å². The van der Waals surface area contributed by atoms with Crippen molar-refractivity contribution in [3.8, 4) is 45.3 Å². The Morgan fingerprint density at radius 3 is 1.05 bits per heavy atom.